The van der Waals surface area contributed by atoms with Gasteiger partial charge < -0.3 is 10.4 Å². The molecule has 4 N–H and O–H groups in total. The normalized spacial score (nSPS) is 20.2. The van der Waals surface area contributed by atoms with Crippen molar-refractivity contribution in [2.45, 2.75) is 31.5 Å². The molecule has 35 heavy (non-hydrogen) atoms. The average Bonchev–Trinajstić information content (AvgIpc) is 3.40. The van der Waals surface area contributed by atoms with Crippen LogP contribution in [0.1, 0.15) is 34.5 Å². The van der Waals surface area contributed by atoms with E-state index in [4.69, 9.17) is 16.7 Å². The van der Waals surface area contributed by atoms with Crippen LogP contribution in [0, 0.1) is 11.7 Å². The summed E-state index contributed by atoms with van der Waals surface area (Å²) < 4.78 is 41.6. The molecule has 3 aromatic rings. The number of nitrogens with two attached hydrogens (primary N) is 1. The first kappa shape index (κ1) is 25.2. The summed E-state index contributed by atoms with van der Waals surface area (Å²) in [6, 6.07) is 7.35. The van der Waals surface area contributed by atoms with Gasteiger partial charge in [0, 0.05) is 36.2 Å². The summed E-state index contributed by atoms with van der Waals surface area (Å²) in [5, 5.41) is 22.7. The second-order valence-electron chi connectivity index (χ2n) is 8.31. The van der Waals surface area contributed by atoms with E-state index in [1.54, 1.807) is 29.1 Å². The number of benzene rings is 1. The lowest BCUT2D eigenvalue weighted by Gasteiger charge is -2.16. The van der Waals surface area contributed by atoms with Gasteiger partial charge in [-0.3, -0.25) is 18.6 Å². The van der Waals surface area contributed by atoms with E-state index in [2.05, 4.69) is 19.6 Å². The number of carbonyl (C=O) groups is 1. The first-order valence-electron chi connectivity index (χ1n) is 10.7. The maximum Gasteiger partial charge on any atom is 0.333 e. The van der Waals surface area contributed by atoms with Crippen LogP contribution in [-0.4, -0.2) is 52.8 Å². The number of aromatic nitrogens is 3. The summed E-state index contributed by atoms with van der Waals surface area (Å²) in [5.74, 6) is -1.30. The lowest BCUT2D eigenvalue weighted by Crippen LogP contribution is -2.24. The number of nitrogens with zero attached hydrogens (tertiary/aromatic N) is 3. The molecule has 0 aliphatic heterocycles. The molecular weight excluding hydrogens is 501 g/mol. The van der Waals surface area contributed by atoms with Crippen molar-refractivity contribution in [3.63, 3.8) is 0 Å². The largest absolute Gasteiger partial charge is 0.393 e. The van der Waals surface area contributed by atoms with Crippen molar-refractivity contribution in [3.8, 4) is 0 Å². The molecule has 0 spiro atoms. The topological polar surface area (TPSA) is 149 Å². The standard InChI is InChI=1S/C22H23ClFN5O5S/c23-17-7-13(1-2-18(17)24)11-29-6-4-20(28-29)22(31)16-10-26-5-3-19(16)27-15-8-14(21(30)9-15)12-34-35(25,32)33/h1-7,10,14-15,21,30H,8-9,11-12H2,(H,26,27)(H2,25,32,33)/t14-,15-,21+/m1/s1. The molecule has 0 radical (unpaired) electrons. The molecule has 13 heteroatoms. The molecule has 186 valence electrons. The van der Waals surface area contributed by atoms with Crippen molar-refractivity contribution in [3.05, 3.63) is 76.6 Å². The number of rotatable bonds is 9. The Balaban J connectivity index is 1.44. The average molecular weight is 524 g/mol. The van der Waals surface area contributed by atoms with Crippen molar-refractivity contribution in [1.82, 2.24) is 14.8 Å². The van der Waals surface area contributed by atoms with Crippen LogP contribution < -0.4 is 10.5 Å². The molecule has 1 aromatic carbocycles. The number of hydrogen-bond acceptors (Lipinski definition) is 8. The Labute approximate surface area is 206 Å². The van der Waals surface area contributed by atoms with Crippen LogP contribution in [0.25, 0.3) is 0 Å². The molecule has 4 rings (SSSR count). The van der Waals surface area contributed by atoms with E-state index in [0.717, 1.165) is 5.56 Å². The van der Waals surface area contributed by atoms with Gasteiger partial charge in [0.1, 0.15) is 11.5 Å². The van der Waals surface area contributed by atoms with Crippen molar-refractivity contribution in [1.29, 1.82) is 0 Å². The monoisotopic (exact) mass is 523 g/mol. The number of nitrogens with one attached hydrogen (secondary N) is 1. The van der Waals surface area contributed by atoms with E-state index in [9.17, 15) is 22.7 Å². The number of carbonyl (C=O) groups excluding carboxylic acids is 1. The zero-order chi connectivity index (χ0) is 25.2. The summed E-state index contributed by atoms with van der Waals surface area (Å²) >= 11 is 5.83. The number of halogens is 2. The van der Waals surface area contributed by atoms with Crippen LogP contribution in [0.4, 0.5) is 10.1 Å². The molecule has 1 fully saturated rings. The molecule has 0 saturated heterocycles. The van der Waals surface area contributed by atoms with Crippen molar-refractivity contribution < 1.29 is 26.9 Å². The van der Waals surface area contributed by atoms with Crippen LogP contribution in [0.3, 0.4) is 0 Å². The number of ketones is 1. The Morgan fingerprint density at radius 3 is 2.86 bits per heavy atom. The number of hydrogen-bond donors (Lipinski definition) is 3. The summed E-state index contributed by atoms with van der Waals surface area (Å²) in [5.41, 5.74) is 1.72. The van der Waals surface area contributed by atoms with Gasteiger partial charge in [0.15, 0.2) is 0 Å². The van der Waals surface area contributed by atoms with Gasteiger partial charge in [-0.1, -0.05) is 17.7 Å². The maximum atomic E-state index is 13.4. The van der Waals surface area contributed by atoms with Gasteiger partial charge >= 0.3 is 10.3 Å². The third-order valence-corrected chi connectivity index (χ3v) is 6.49. The van der Waals surface area contributed by atoms with E-state index in [-0.39, 0.29) is 29.1 Å². The third kappa shape index (κ3) is 6.41. The quantitative estimate of drug-likeness (QED) is 0.361. The molecule has 2 aromatic heterocycles. The van der Waals surface area contributed by atoms with Gasteiger partial charge in [-0.25, -0.2) is 9.53 Å². The molecule has 3 atom stereocenters. The summed E-state index contributed by atoms with van der Waals surface area (Å²) in [6.45, 7) is 0.0738. The highest BCUT2D eigenvalue weighted by Gasteiger charge is 2.34. The van der Waals surface area contributed by atoms with E-state index < -0.39 is 28.1 Å². The zero-order valence-corrected chi connectivity index (χ0v) is 19.9. The van der Waals surface area contributed by atoms with Crippen molar-refractivity contribution >= 4 is 33.4 Å². The summed E-state index contributed by atoms with van der Waals surface area (Å²) in [4.78, 5) is 17.2. The lowest BCUT2D eigenvalue weighted by molar-refractivity contribution is 0.101. The minimum absolute atomic E-state index is 0.00696. The molecule has 1 aliphatic rings. The minimum Gasteiger partial charge on any atom is -0.393 e. The van der Waals surface area contributed by atoms with Gasteiger partial charge in [0.05, 0.1) is 29.8 Å². The first-order valence-corrected chi connectivity index (χ1v) is 12.5. The van der Waals surface area contributed by atoms with Gasteiger partial charge in [-0.15, -0.1) is 0 Å². The van der Waals surface area contributed by atoms with Crippen LogP contribution in [-0.2, 0) is 21.0 Å². The van der Waals surface area contributed by atoms with Crippen LogP contribution in [0.2, 0.25) is 5.02 Å². The van der Waals surface area contributed by atoms with Crippen molar-refractivity contribution in [2.24, 2.45) is 11.1 Å². The van der Waals surface area contributed by atoms with Gasteiger partial charge in [-0.05, 0) is 42.7 Å². The van der Waals surface area contributed by atoms with Crippen LogP contribution in [0.15, 0.2) is 48.9 Å². The highest BCUT2D eigenvalue weighted by atomic mass is 35.5. The Morgan fingerprint density at radius 2 is 2.11 bits per heavy atom. The Morgan fingerprint density at radius 1 is 1.31 bits per heavy atom. The van der Waals surface area contributed by atoms with Crippen LogP contribution in [0.5, 0.6) is 0 Å². The van der Waals surface area contributed by atoms with Crippen molar-refractivity contribution in [2.75, 3.05) is 11.9 Å². The van der Waals surface area contributed by atoms with Gasteiger partial charge in [-0.2, -0.15) is 13.5 Å². The molecule has 2 heterocycles. The van der Waals surface area contributed by atoms with E-state index in [1.165, 1.54) is 24.5 Å². The fraction of sp³-hybridized carbons (Fsp3) is 0.318. The fourth-order valence-corrected chi connectivity index (χ4v) is 4.60. The number of anilines is 1. The Bertz CT molecular complexity index is 1340. The first-order chi connectivity index (χ1) is 16.6. The summed E-state index contributed by atoms with van der Waals surface area (Å²) in [6.07, 6.45) is 4.56. The number of pyridine rings is 1. The van der Waals surface area contributed by atoms with E-state index in [1.807, 2.05) is 0 Å². The SMILES string of the molecule is NS(=O)(=O)OC[C@H]1C[C@@H](Nc2ccncc2C(=O)c2ccn(Cc3ccc(F)c(Cl)c3)n2)C[C@@H]1O. The Hall–Kier alpha value is -2.90. The lowest BCUT2D eigenvalue weighted by atomic mass is 10.1. The zero-order valence-electron chi connectivity index (χ0n) is 18.3. The molecule has 0 unspecified atom stereocenters. The molecular formula is C22H23ClFN5O5S. The molecule has 10 nitrogen and oxygen atoms in total. The fourth-order valence-electron chi connectivity index (χ4n) is 4.04. The highest BCUT2D eigenvalue weighted by Crippen LogP contribution is 2.30. The number of aliphatic hydroxyl groups is 1. The molecule has 1 aliphatic carbocycles. The Kier molecular flexibility index (Phi) is 7.47. The third-order valence-electron chi connectivity index (χ3n) is 5.73. The van der Waals surface area contributed by atoms with Gasteiger partial charge in [0.2, 0.25) is 5.78 Å². The van der Waals surface area contributed by atoms with Gasteiger partial charge in [0.25, 0.3) is 0 Å². The van der Waals surface area contributed by atoms with E-state index >= 15 is 0 Å². The highest BCUT2D eigenvalue weighted by molar-refractivity contribution is 7.84. The second-order valence-corrected chi connectivity index (χ2v) is 9.94. The smallest absolute Gasteiger partial charge is 0.333 e. The predicted molar refractivity (Wildman–Crippen MR) is 126 cm³/mol. The maximum absolute atomic E-state index is 13.4. The summed E-state index contributed by atoms with van der Waals surface area (Å²) in [7, 11) is -4.10. The molecule has 0 amide bonds. The predicted octanol–water partition coefficient (Wildman–Crippen LogP) is 2.12. The van der Waals surface area contributed by atoms with E-state index in [0.29, 0.717) is 30.6 Å². The number of aliphatic hydroxyl groups excluding tert-OH is 1. The second kappa shape index (κ2) is 10.4. The molecule has 0 bridgehead atoms. The molecule has 1 saturated carbocycles. The van der Waals surface area contributed by atoms with Crippen LogP contribution >= 0.6 is 11.6 Å². The minimum atomic E-state index is -4.10.